The second-order valence-electron chi connectivity index (χ2n) is 5.16. The Balaban J connectivity index is 1.92. The van der Waals surface area contributed by atoms with Gasteiger partial charge in [0, 0.05) is 10.7 Å². The number of carbonyl (C=O) groups excluding carboxylic acids is 2. The van der Waals surface area contributed by atoms with Crippen LogP contribution >= 0.6 is 11.6 Å². The van der Waals surface area contributed by atoms with Gasteiger partial charge < -0.3 is 5.32 Å². The van der Waals surface area contributed by atoms with Crippen LogP contribution in [-0.4, -0.2) is 18.0 Å². The fourth-order valence-corrected chi connectivity index (χ4v) is 2.15. The summed E-state index contributed by atoms with van der Waals surface area (Å²) in [4.78, 5) is 23.6. The van der Waals surface area contributed by atoms with Crippen molar-refractivity contribution in [3.8, 4) is 0 Å². The van der Waals surface area contributed by atoms with Gasteiger partial charge in [0.15, 0.2) is 0 Å². The Morgan fingerprint density at radius 1 is 1.12 bits per heavy atom. The first-order valence-electron chi connectivity index (χ1n) is 7.49. The maximum Gasteiger partial charge on any atom is 0.329 e. The lowest BCUT2D eigenvalue weighted by Gasteiger charge is -2.08. The Morgan fingerprint density at radius 2 is 1.83 bits per heavy atom. The van der Waals surface area contributed by atoms with Gasteiger partial charge in [0.25, 0.3) is 0 Å². The Kier molecular flexibility index (Phi) is 6.09. The fourth-order valence-electron chi connectivity index (χ4n) is 1.98. The molecule has 2 N–H and O–H groups in total. The number of carbonyl (C=O) groups is 2. The molecule has 2 rings (SSSR count). The minimum atomic E-state index is -0.851. The van der Waals surface area contributed by atoms with Crippen molar-refractivity contribution >= 4 is 35.3 Å². The molecule has 124 valence electrons. The van der Waals surface area contributed by atoms with Crippen molar-refractivity contribution in [2.24, 2.45) is 5.10 Å². The molecule has 5 nitrogen and oxygen atoms in total. The number of hydrogen-bond donors (Lipinski definition) is 2. The number of aryl methyl sites for hydroxylation is 1. The summed E-state index contributed by atoms with van der Waals surface area (Å²) in [5.41, 5.74) is 5.43. The van der Waals surface area contributed by atoms with E-state index >= 15 is 0 Å². The summed E-state index contributed by atoms with van der Waals surface area (Å²) in [6.45, 7) is 3.83. The third-order valence-corrected chi connectivity index (χ3v) is 3.90. The molecular weight excluding hydrogens is 326 g/mol. The lowest BCUT2D eigenvalue weighted by Crippen LogP contribution is -2.32. The van der Waals surface area contributed by atoms with Gasteiger partial charge in [-0.1, -0.05) is 48.9 Å². The van der Waals surface area contributed by atoms with Gasteiger partial charge in [-0.15, -0.1) is 0 Å². The summed E-state index contributed by atoms with van der Waals surface area (Å²) in [7, 11) is 0. The molecule has 0 aliphatic carbocycles. The summed E-state index contributed by atoms with van der Waals surface area (Å²) in [5, 5.41) is 6.81. The molecule has 0 radical (unpaired) electrons. The standard InChI is InChI=1S/C18H18ClN3O2/c1-3-13-7-9-14(10-8-13)11-20-22-18(24)17(23)21-16-6-4-5-15(19)12(16)2/h4-11H,3H2,1-2H3,(H,21,23)(H,22,24)/b20-11+. The van der Waals surface area contributed by atoms with Gasteiger partial charge in [-0.25, -0.2) is 5.43 Å². The second kappa shape index (κ2) is 8.26. The quantitative estimate of drug-likeness (QED) is 0.508. The van der Waals surface area contributed by atoms with Crippen LogP contribution < -0.4 is 10.7 Å². The van der Waals surface area contributed by atoms with Crippen LogP contribution in [0.25, 0.3) is 0 Å². The first-order chi connectivity index (χ1) is 11.5. The number of hydrazone groups is 1. The van der Waals surface area contributed by atoms with E-state index in [-0.39, 0.29) is 0 Å². The van der Waals surface area contributed by atoms with Crippen molar-refractivity contribution in [3.63, 3.8) is 0 Å². The normalized spacial score (nSPS) is 10.6. The molecule has 6 heteroatoms. The molecule has 2 amide bonds. The molecule has 0 fully saturated rings. The summed E-state index contributed by atoms with van der Waals surface area (Å²) in [6.07, 6.45) is 2.44. The Hall–Kier alpha value is -2.66. The number of anilines is 1. The minimum absolute atomic E-state index is 0.488. The molecule has 0 heterocycles. The average molecular weight is 344 g/mol. The molecule has 0 atom stereocenters. The summed E-state index contributed by atoms with van der Waals surface area (Å²) in [5.74, 6) is -1.66. The summed E-state index contributed by atoms with van der Waals surface area (Å²) in [6, 6.07) is 12.8. The molecule has 0 bridgehead atoms. The third kappa shape index (κ3) is 4.67. The van der Waals surface area contributed by atoms with Gasteiger partial charge in [-0.05, 0) is 42.2 Å². The topological polar surface area (TPSA) is 70.6 Å². The molecule has 0 aromatic heterocycles. The Bertz CT molecular complexity index is 770. The predicted molar refractivity (Wildman–Crippen MR) is 96.4 cm³/mol. The summed E-state index contributed by atoms with van der Waals surface area (Å²) < 4.78 is 0. The van der Waals surface area contributed by atoms with Crippen molar-refractivity contribution in [3.05, 3.63) is 64.2 Å². The number of amides is 2. The van der Waals surface area contributed by atoms with Crippen LogP contribution in [0.2, 0.25) is 5.02 Å². The average Bonchev–Trinajstić information content (AvgIpc) is 2.59. The highest BCUT2D eigenvalue weighted by Gasteiger charge is 2.14. The lowest BCUT2D eigenvalue weighted by atomic mass is 10.1. The molecule has 24 heavy (non-hydrogen) atoms. The van der Waals surface area contributed by atoms with Crippen LogP contribution in [0.5, 0.6) is 0 Å². The maximum atomic E-state index is 11.9. The van der Waals surface area contributed by atoms with E-state index in [1.54, 1.807) is 25.1 Å². The molecule has 0 aliphatic heterocycles. The van der Waals surface area contributed by atoms with Gasteiger partial charge in [0.05, 0.1) is 6.21 Å². The first kappa shape index (κ1) is 17.7. The number of benzene rings is 2. The van der Waals surface area contributed by atoms with Crippen LogP contribution in [0.4, 0.5) is 5.69 Å². The van der Waals surface area contributed by atoms with Crippen molar-refractivity contribution in [1.82, 2.24) is 5.43 Å². The third-order valence-electron chi connectivity index (χ3n) is 3.49. The van der Waals surface area contributed by atoms with Crippen LogP contribution in [0.15, 0.2) is 47.6 Å². The number of nitrogens with zero attached hydrogens (tertiary/aromatic N) is 1. The van der Waals surface area contributed by atoms with E-state index in [0.29, 0.717) is 16.3 Å². The Morgan fingerprint density at radius 3 is 2.50 bits per heavy atom. The molecule has 0 saturated heterocycles. The van der Waals surface area contributed by atoms with Crippen molar-refractivity contribution in [2.75, 3.05) is 5.32 Å². The van der Waals surface area contributed by atoms with Crippen molar-refractivity contribution in [2.45, 2.75) is 20.3 Å². The zero-order valence-electron chi connectivity index (χ0n) is 13.5. The van der Waals surface area contributed by atoms with Crippen LogP contribution in [0.1, 0.15) is 23.6 Å². The first-order valence-corrected chi connectivity index (χ1v) is 7.87. The maximum absolute atomic E-state index is 11.9. The smallest absolute Gasteiger partial charge is 0.317 e. The van der Waals surface area contributed by atoms with E-state index in [0.717, 1.165) is 12.0 Å². The fraction of sp³-hybridized carbons (Fsp3) is 0.167. The van der Waals surface area contributed by atoms with Gasteiger partial charge in [-0.3, -0.25) is 9.59 Å². The van der Waals surface area contributed by atoms with E-state index in [2.05, 4.69) is 22.8 Å². The van der Waals surface area contributed by atoms with Crippen molar-refractivity contribution in [1.29, 1.82) is 0 Å². The zero-order chi connectivity index (χ0) is 17.5. The van der Waals surface area contributed by atoms with E-state index in [1.807, 2.05) is 24.3 Å². The number of halogens is 1. The van der Waals surface area contributed by atoms with Gasteiger partial charge in [0.2, 0.25) is 0 Å². The molecule has 2 aromatic rings. The summed E-state index contributed by atoms with van der Waals surface area (Å²) >= 11 is 5.97. The zero-order valence-corrected chi connectivity index (χ0v) is 14.2. The molecule has 0 spiro atoms. The number of nitrogens with one attached hydrogen (secondary N) is 2. The lowest BCUT2D eigenvalue weighted by molar-refractivity contribution is -0.136. The minimum Gasteiger partial charge on any atom is -0.317 e. The number of hydrogen-bond acceptors (Lipinski definition) is 3. The second-order valence-corrected chi connectivity index (χ2v) is 5.57. The monoisotopic (exact) mass is 343 g/mol. The van der Waals surface area contributed by atoms with Crippen LogP contribution in [0.3, 0.4) is 0 Å². The largest absolute Gasteiger partial charge is 0.329 e. The van der Waals surface area contributed by atoms with E-state index in [4.69, 9.17) is 11.6 Å². The van der Waals surface area contributed by atoms with Crippen molar-refractivity contribution < 1.29 is 9.59 Å². The highest BCUT2D eigenvalue weighted by molar-refractivity contribution is 6.40. The van der Waals surface area contributed by atoms with Crippen LogP contribution in [0, 0.1) is 6.92 Å². The molecular formula is C18H18ClN3O2. The SMILES string of the molecule is CCc1ccc(/C=N/NC(=O)C(=O)Nc2cccc(Cl)c2C)cc1. The molecule has 0 unspecified atom stereocenters. The highest BCUT2D eigenvalue weighted by atomic mass is 35.5. The predicted octanol–water partition coefficient (Wildman–Crippen LogP) is 3.30. The molecule has 2 aromatic carbocycles. The Labute approximate surface area is 145 Å². The van der Waals surface area contributed by atoms with E-state index in [9.17, 15) is 9.59 Å². The highest BCUT2D eigenvalue weighted by Crippen LogP contribution is 2.22. The molecule has 0 saturated carbocycles. The van der Waals surface area contributed by atoms with Gasteiger partial charge in [-0.2, -0.15) is 5.10 Å². The van der Waals surface area contributed by atoms with Crippen LogP contribution in [-0.2, 0) is 16.0 Å². The van der Waals surface area contributed by atoms with E-state index < -0.39 is 11.8 Å². The molecule has 0 aliphatic rings. The van der Waals surface area contributed by atoms with E-state index in [1.165, 1.54) is 11.8 Å². The number of rotatable bonds is 4. The van der Waals surface area contributed by atoms with Gasteiger partial charge in [0.1, 0.15) is 0 Å². The van der Waals surface area contributed by atoms with Gasteiger partial charge >= 0.3 is 11.8 Å².